The molecule has 0 radical (unpaired) electrons. The van der Waals surface area contributed by atoms with Crippen LogP contribution in [0.3, 0.4) is 0 Å². The van der Waals surface area contributed by atoms with Crippen LogP contribution in [0.5, 0.6) is 11.5 Å². The summed E-state index contributed by atoms with van der Waals surface area (Å²) in [6, 6.07) is 0.511. The van der Waals surface area contributed by atoms with Gasteiger partial charge in [-0.1, -0.05) is 15.9 Å². The lowest BCUT2D eigenvalue weighted by molar-refractivity contribution is -0.174. The normalized spacial score (nSPS) is 12.3. The van der Waals surface area contributed by atoms with E-state index in [2.05, 4.69) is 20.7 Å². The number of benzene rings is 1. The topological polar surface area (TPSA) is 81.8 Å². The summed E-state index contributed by atoms with van der Waals surface area (Å²) in [7, 11) is 1.26. The van der Waals surface area contributed by atoms with Crippen LogP contribution in [-0.4, -0.2) is 30.7 Å². The predicted molar refractivity (Wildman–Crippen MR) is 78.1 cm³/mol. The molecule has 21 heavy (non-hydrogen) atoms. The first-order chi connectivity index (χ1) is 9.25. The fraction of sp³-hybridized carbons (Fsp3) is 0.417. The van der Waals surface area contributed by atoms with Crippen molar-refractivity contribution in [1.82, 2.24) is 0 Å². The van der Waals surface area contributed by atoms with E-state index in [9.17, 15) is 18.7 Å². The summed E-state index contributed by atoms with van der Waals surface area (Å²) in [5.74, 6) is -6.30. The minimum atomic E-state index is -3.97. The molecule has 1 aromatic rings. The molecule has 0 aliphatic heterocycles. The fourth-order valence-electron chi connectivity index (χ4n) is 1.54. The Kier molecular flexibility index (Phi) is 7.35. The maximum absolute atomic E-state index is 13.9. The van der Waals surface area contributed by atoms with Gasteiger partial charge in [-0.2, -0.15) is 8.78 Å². The Morgan fingerprint density at radius 3 is 2.57 bits per heavy atom. The largest absolute Gasteiger partial charge is 0.504 e. The third-order valence-corrected chi connectivity index (χ3v) is 3.02. The first-order valence-corrected chi connectivity index (χ1v) is 6.42. The molecule has 0 aliphatic rings. The number of hydrogen-bond donors (Lipinski definition) is 2. The molecule has 120 valence electrons. The molecule has 0 heterocycles. The summed E-state index contributed by atoms with van der Waals surface area (Å²) < 4.78 is 37.2. The Labute approximate surface area is 134 Å². The van der Waals surface area contributed by atoms with Crippen molar-refractivity contribution < 1.29 is 28.2 Å². The van der Waals surface area contributed by atoms with Gasteiger partial charge in [-0.15, -0.1) is 12.4 Å². The highest BCUT2D eigenvalue weighted by Crippen LogP contribution is 2.41. The number of rotatable bonds is 5. The molecule has 3 N–H and O–H groups in total. The van der Waals surface area contributed by atoms with Gasteiger partial charge in [-0.05, 0) is 19.1 Å². The van der Waals surface area contributed by atoms with Gasteiger partial charge in [0.2, 0.25) is 0 Å². The molecule has 0 aromatic heterocycles. The lowest BCUT2D eigenvalue weighted by Crippen LogP contribution is -2.41. The van der Waals surface area contributed by atoms with Crippen molar-refractivity contribution in [1.29, 1.82) is 0 Å². The van der Waals surface area contributed by atoms with Gasteiger partial charge < -0.3 is 20.3 Å². The molecule has 0 spiro atoms. The van der Waals surface area contributed by atoms with E-state index < -0.39 is 23.7 Å². The molecule has 0 saturated carbocycles. The zero-order valence-corrected chi connectivity index (χ0v) is 13.6. The summed E-state index contributed by atoms with van der Waals surface area (Å²) in [6.45, 7) is 1.20. The van der Waals surface area contributed by atoms with E-state index in [4.69, 9.17) is 10.5 Å². The van der Waals surface area contributed by atoms with Crippen LogP contribution in [0.2, 0.25) is 0 Å². The first-order valence-electron chi connectivity index (χ1n) is 5.62. The molecular weight excluding hydrogens is 375 g/mol. The zero-order chi connectivity index (χ0) is 15.5. The van der Waals surface area contributed by atoms with E-state index >= 15 is 0 Å². The first kappa shape index (κ1) is 19.9. The molecule has 0 amide bonds. The fourth-order valence-corrected chi connectivity index (χ4v) is 1.99. The molecule has 0 aliphatic carbocycles. The minimum Gasteiger partial charge on any atom is -0.504 e. The summed E-state index contributed by atoms with van der Waals surface area (Å²) >= 11 is 3.08. The van der Waals surface area contributed by atoms with Crippen molar-refractivity contribution in [3.8, 4) is 11.5 Å². The Balaban J connectivity index is 0.00000400. The number of aromatic hydroxyl groups is 1. The van der Waals surface area contributed by atoms with Crippen LogP contribution >= 0.6 is 28.3 Å². The third kappa shape index (κ3) is 4.18. The standard InChI is InChI=1S/C12H14BrF2NO4.ClH/c1-3-20-11(18)12(14,15)10(16)7-4-6(13)5-8(19-2)9(7)17;/h4-5,10,17H,3,16H2,1-2H3;1H/t10-;/m0./s1. The third-order valence-electron chi connectivity index (χ3n) is 2.56. The number of carbonyl (C=O) groups excluding carboxylic acids is 1. The van der Waals surface area contributed by atoms with Crippen LogP contribution in [0.1, 0.15) is 18.5 Å². The van der Waals surface area contributed by atoms with Gasteiger partial charge >= 0.3 is 11.9 Å². The molecule has 0 bridgehead atoms. The van der Waals surface area contributed by atoms with Crippen molar-refractivity contribution >= 4 is 34.3 Å². The number of nitrogens with two attached hydrogens (primary N) is 1. The summed E-state index contributed by atoms with van der Waals surface area (Å²) in [5.41, 5.74) is 5.09. The SMILES string of the molecule is CCOC(=O)C(F)(F)[C@@H](N)c1cc(Br)cc(OC)c1O.Cl. The number of hydrogen-bond acceptors (Lipinski definition) is 5. The van der Waals surface area contributed by atoms with Gasteiger partial charge in [0, 0.05) is 10.0 Å². The summed E-state index contributed by atoms with van der Waals surface area (Å²) in [6.07, 6.45) is 0. The maximum atomic E-state index is 13.9. The Morgan fingerprint density at radius 2 is 2.10 bits per heavy atom. The Hall–Kier alpha value is -1.12. The van der Waals surface area contributed by atoms with Gasteiger partial charge in [0.15, 0.2) is 11.5 Å². The van der Waals surface area contributed by atoms with E-state index in [1.807, 2.05) is 0 Å². The van der Waals surface area contributed by atoms with Crippen molar-refractivity contribution in [3.63, 3.8) is 0 Å². The van der Waals surface area contributed by atoms with Crippen molar-refractivity contribution in [3.05, 3.63) is 22.2 Å². The number of esters is 1. The van der Waals surface area contributed by atoms with E-state index in [1.54, 1.807) is 0 Å². The number of ether oxygens (including phenoxy) is 2. The highest BCUT2D eigenvalue weighted by atomic mass is 79.9. The average molecular weight is 391 g/mol. The minimum absolute atomic E-state index is 0. The number of methoxy groups -OCH3 is 1. The monoisotopic (exact) mass is 389 g/mol. The molecule has 1 rings (SSSR count). The summed E-state index contributed by atoms with van der Waals surface area (Å²) in [5, 5.41) is 9.85. The predicted octanol–water partition coefficient (Wildman–Crippen LogP) is 2.78. The smallest absolute Gasteiger partial charge is 0.379 e. The van der Waals surface area contributed by atoms with Gasteiger partial charge in [-0.3, -0.25) is 0 Å². The second-order valence-electron chi connectivity index (χ2n) is 3.87. The maximum Gasteiger partial charge on any atom is 0.379 e. The number of phenols is 1. The average Bonchev–Trinajstić information content (AvgIpc) is 2.40. The second-order valence-corrected chi connectivity index (χ2v) is 4.78. The summed E-state index contributed by atoms with van der Waals surface area (Å²) in [4.78, 5) is 11.3. The van der Waals surface area contributed by atoms with Crippen LogP contribution in [-0.2, 0) is 9.53 Å². The number of phenolic OH excluding ortho intramolecular Hbond substituents is 1. The quantitative estimate of drug-likeness (QED) is 0.756. The van der Waals surface area contributed by atoms with E-state index in [0.29, 0.717) is 4.47 Å². The van der Waals surface area contributed by atoms with Gasteiger partial charge in [0.05, 0.1) is 13.7 Å². The number of alkyl halides is 2. The molecule has 0 unspecified atom stereocenters. The Morgan fingerprint density at radius 1 is 1.52 bits per heavy atom. The molecule has 1 atom stereocenters. The van der Waals surface area contributed by atoms with Crippen LogP contribution in [0, 0.1) is 0 Å². The van der Waals surface area contributed by atoms with Crippen molar-refractivity contribution in [2.75, 3.05) is 13.7 Å². The highest BCUT2D eigenvalue weighted by molar-refractivity contribution is 9.10. The molecule has 0 fully saturated rings. The highest BCUT2D eigenvalue weighted by Gasteiger charge is 2.49. The number of carbonyl (C=O) groups is 1. The zero-order valence-electron chi connectivity index (χ0n) is 11.2. The van der Waals surface area contributed by atoms with E-state index in [0.717, 1.165) is 0 Å². The Bertz CT molecular complexity index is 516. The van der Waals surface area contributed by atoms with Crippen LogP contribution < -0.4 is 10.5 Å². The molecule has 1 aromatic carbocycles. The van der Waals surface area contributed by atoms with Crippen LogP contribution in [0.4, 0.5) is 8.78 Å². The lowest BCUT2D eigenvalue weighted by Gasteiger charge is -2.23. The van der Waals surface area contributed by atoms with Crippen molar-refractivity contribution in [2.24, 2.45) is 5.73 Å². The molecule has 5 nitrogen and oxygen atoms in total. The van der Waals surface area contributed by atoms with E-state index in [-0.39, 0.29) is 30.3 Å². The lowest BCUT2D eigenvalue weighted by atomic mass is 10.00. The van der Waals surface area contributed by atoms with Crippen LogP contribution in [0.25, 0.3) is 0 Å². The van der Waals surface area contributed by atoms with Crippen molar-refractivity contribution in [2.45, 2.75) is 18.9 Å². The van der Waals surface area contributed by atoms with Gasteiger partial charge in [0.25, 0.3) is 0 Å². The molecular formula is C12H15BrClF2NO4. The van der Waals surface area contributed by atoms with Crippen LogP contribution in [0.15, 0.2) is 16.6 Å². The number of halogens is 4. The van der Waals surface area contributed by atoms with E-state index in [1.165, 1.54) is 26.2 Å². The van der Waals surface area contributed by atoms with Gasteiger partial charge in [0.1, 0.15) is 6.04 Å². The van der Waals surface area contributed by atoms with Gasteiger partial charge in [-0.25, -0.2) is 4.79 Å². The molecule has 0 saturated heterocycles. The molecule has 9 heteroatoms. The second kappa shape index (κ2) is 7.77.